The van der Waals surface area contributed by atoms with E-state index in [9.17, 15) is 4.79 Å². The Kier molecular flexibility index (Phi) is 4.56. The molecule has 21 heavy (non-hydrogen) atoms. The van der Waals surface area contributed by atoms with Crippen LogP contribution in [-0.2, 0) is 17.6 Å². The van der Waals surface area contributed by atoms with Gasteiger partial charge in [-0.2, -0.15) is 0 Å². The lowest BCUT2D eigenvalue weighted by molar-refractivity contribution is 0.0596. The number of ether oxygens (including phenoxy) is 1. The zero-order chi connectivity index (χ0) is 15.6. The van der Waals surface area contributed by atoms with Gasteiger partial charge >= 0.3 is 5.97 Å². The second-order valence-corrected chi connectivity index (χ2v) is 6.06. The van der Waals surface area contributed by atoms with Crippen LogP contribution in [0.3, 0.4) is 0 Å². The Morgan fingerprint density at radius 3 is 2.71 bits per heavy atom. The largest absolute Gasteiger partial charge is 0.464 e. The third-order valence-corrected chi connectivity index (χ3v) is 3.84. The zero-order valence-electron chi connectivity index (χ0n) is 12.6. The van der Waals surface area contributed by atoms with Gasteiger partial charge < -0.3 is 10.5 Å². The highest BCUT2D eigenvalue weighted by atomic mass is 32.1. The maximum atomic E-state index is 11.7. The van der Waals surface area contributed by atoms with Gasteiger partial charge in [-0.1, -0.05) is 32.1 Å². The number of aromatic nitrogens is 4. The van der Waals surface area contributed by atoms with Gasteiger partial charge in [-0.15, -0.1) is 10.2 Å². The molecule has 0 unspecified atom stereocenters. The summed E-state index contributed by atoms with van der Waals surface area (Å²) in [6.45, 7) is 6.19. The van der Waals surface area contributed by atoms with Crippen molar-refractivity contribution >= 4 is 23.1 Å². The molecular weight excluding hydrogens is 290 g/mol. The molecule has 2 heterocycles. The van der Waals surface area contributed by atoms with Crippen LogP contribution >= 0.6 is 11.3 Å². The quantitative estimate of drug-likeness (QED) is 0.847. The second kappa shape index (κ2) is 6.21. The molecule has 0 amide bonds. The maximum Gasteiger partial charge on any atom is 0.360 e. The molecule has 0 aromatic carbocycles. The van der Waals surface area contributed by atoms with E-state index in [0.29, 0.717) is 23.3 Å². The van der Waals surface area contributed by atoms with E-state index in [1.54, 1.807) is 4.57 Å². The Morgan fingerprint density at radius 1 is 1.43 bits per heavy atom. The maximum absolute atomic E-state index is 11.7. The highest BCUT2D eigenvalue weighted by Gasteiger charge is 2.23. The average Bonchev–Trinajstić information content (AvgIpc) is 3.01. The van der Waals surface area contributed by atoms with E-state index >= 15 is 0 Å². The first-order chi connectivity index (χ1) is 9.97. The lowest BCUT2D eigenvalue weighted by Gasteiger charge is -2.03. The second-order valence-electron chi connectivity index (χ2n) is 5.02. The summed E-state index contributed by atoms with van der Waals surface area (Å²) in [6.07, 6.45) is 1.48. The third kappa shape index (κ3) is 3.05. The van der Waals surface area contributed by atoms with E-state index in [2.05, 4.69) is 29.0 Å². The minimum atomic E-state index is -0.548. The van der Waals surface area contributed by atoms with Gasteiger partial charge in [0.1, 0.15) is 16.6 Å². The van der Waals surface area contributed by atoms with Crippen LogP contribution in [0.25, 0.3) is 5.13 Å². The molecule has 0 spiro atoms. The van der Waals surface area contributed by atoms with Crippen LogP contribution < -0.4 is 5.73 Å². The van der Waals surface area contributed by atoms with E-state index in [-0.39, 0.29) is 11.5 Å². The molecule has 0 bridgehead atoms. The molecule has 0 fully saturated rings. The molecule has 114 valence electrons. The van der Waals surface area contributed by atoms with Gasteiger partial charge in [0.15, 0.2) is 5.69 Å². The van der Waals surface area contributed by atoms with Crippen molar-refractivity contribution < 1.29 is 9.53 Å². The standard InChI is InChI=1S/C13H19N5O2S/c1-5-8-15-10(12(19)20-4)11(14)18(8)13-17-16-9(21-13)6-7(2)3/h7H,5-6,14H2,1-4H3. The molecule has 0 aliphatic heterocycles. The Morgan fingerprint density at radius 2 is 2.14 bits per heavy atom. The van der Waals surface area contributed by atoms with Gasteiger partial charge in [0, 0.05) is 12.8 Å². The van der Waals surface area contributed by atoms with Crippen LogP contribution in [0.4, 0.5) is 5.82 Å². The van der Waals surface area contributed by atoms with Crippen molar-refractivity contribution in [3.05, 3.63) is 16.5 Å². The SMILES string of the molecule is CCc1nc(C(=O)OC)c(N)n1-c1nnc(CC(C)C)s1. The fraction of sp³-hybridized carbons (Fsp3) is 0.538. The molecule has 2 aromatic rings. The number of imidazole rings is 1. The molecule has 0 saturated heterocycles. The number of nitrogens with zero attached hydrogens (tertiary/aromatic N) is 4. The fourth-order valence-corrected chi connectivity index (χ4v) is 3.03. The van der Waals surface area contributed by atoms with Crippen LogP contribution in [0.15, 0.2) is 0 Å². The lowest BCUT2D eigenvalue weighted by atomic mass is 10.1. The van der Waals surface area contributed by atoms with E-state index in [1.807, 2.05) is 6.92 Å². The van der Waals surface area contributed by atoms with Crippen LogP contribution in [0.1, 0.15) is 42.1 Å². The number of nitrogens with two attached hydrogens (primary N) is 1. The van der Waals surface area contributed by atoms with Crippen molar-refractivity contribution in [2.45, 2.75) is 33.6 Å². The Hall–Kier alpha value is -1.96. The van der Waals surface area contributed by atoms with E-state index < -0.39 is 5.97 Å². The summed E-state index contributed by atoms with van der Waals surface area (Å²) < 4.78 is 6.37. The topological polar surface area (TPSA) is 95.9 Å². The smallest absolute Gasteiger partial charge is 0.360 e. The molecule has 0 atom stereocenters. The fourth-order valence-electron chi connectivity index (χ4n) is 1.95. The monoisotopic (exact) mass is 309 g/mol. The molecule has 0 aliphatic rings. The summed E-state index contributed by atoms with van der Waals surface area (Å²) in [5.74, 6) is 0.862. The molecule has 0 aliphatic carbocycles. The normalized spacial score (nSPS) is 11.1. The van der Waals surface area contributed by atoms with Gasteiger partial charge in [0.25, 0.3) is 0 Å². The van der Waals surface area contributed by atoms with Gasteiger partial charge in [0.05, 0.1) is 7.11 Å². The van der Waals surface area contributed by atoms with E-state index in [1.165, 1.54) is 18.4 Å². The van der Waals surface area contributed by atoms with Crippen LogP contribution in [-0.4, -0.2) is 32.8 Å². The first-order valence-corrected chi connectivity index (χ1v) is 7.57. The van der Waals surface area contributed by atoms with Crippen molar-refractivity contribution in [3.8, 4) is 5.13 Å². The van der Waals surface area contributed by atoms with Gasteiger partial charge in [-0.25, -0.2) is 9.78 Å². The third-order valence-electron chi connectivity index (χ3n) is 2.91. The summed E-state index contributed by atoms with van der Waals surface area (Å²) in [7, 11) is 1.30. The number of hydrogen-bond acceptors (Lipinski definition) is 7. The summed E-state index contributed by atoms with van der Waals surface area (Å²) in [6, 6.07) is 0. The molecule has 0 radical (unpaired) electrons. The average molecular weight is 309 g/mol. The number of carbonyl (C=O) groups is 1. The number of esters is 1. The van der Waals surface area contributed by atoms with Crippen LogP contribution in [0.5, 0.6) is 0 Å². The number of hydrogen-bond donors (Lipinski definition) is 1. The molecule has 7 nitrogen and oxygen atoms in total. The predicted molar refractivity (Wildman–Crippen MR) is 80.7 cm³/mol. The summed E-state index contributed by atoms with van der Waals surface area (Å²) in [5, 5.41) is 9.91. The van der Waals surface area contributed by atoms with Crippen LogP contribution in [0.2, 0.25) is 0 Å². The molecule has 2 N–H and O–H groups in total. The molecule has 0 saturated carbocycles. The zero-order valence-corrected chi connectivity index (χ0v) is 13.4. The number of nitrogen functional groups attached to an aromatic ring is 1. The molecule has 2 rings (SSSR count). The molecule has 2 aromatic heterocycles. The van der Waals surface area contributed by atoms with Crippen molar-refractivity contribution in [3.63, 3.8) is 0 Å². The van der Waals surface area contributed by atoms with Crippen molar-refractivity contribution in [2.24, 2.45) is 5.92 Å². The predicted octanol–water partition coefficient (Wildman–Crippen LogP) is 1.85. The molecular formula is C13H19N5O2S. The van der Waals surface area contributed by atoms with E-state index in [0.717, 1.165) is 11.4 Å². The highest BCUT2D eigenvalue weighted by molar-refractivity contribution is 7.13. The van der Waals surface area contributed by atoms with Gasteiger partial charge in [0.2, 0.25) is 5.13 Å². The Labute approximate surface area is 127 Å². The number of carbonyl (C=O) groups excluding carboxylic acids is 1. The van der Waals surface area contributed by atoms with Crippen molar-refractivity contribution in [2.75, 3.05) is 12.8 Å². The summed E-state index contributed by atoms with van der Waals surface area (Å²) >= 11 is 1.46. The summed E-state index contributed by atoms with van der Waals surface area (Å²) in [5.41, 5.74) is 6.16. The van der Waals surface area contributed by atoms with Gasteiger partial charge in [-0.3, -0.25) is 4.57 Å². The Balaban J connectivity index is 2.45. The lowest BCUT2D eigenvalue weighted by Crippen LogP contribution is -2.07. The first kappa shape index (κ1) is 15.4. The summed E-state index contributed by atoms with van der Waals surface area (Å²) in [4.78, 5) is 15.9. The highest BCUT2D eigenvalue weighted by Crippen LogP contribution is 2.25. The number of methoxy groups -OCH3 is 1. The Bertz CT molecular complexity index is 647. The van der Waals surface area contributed by atoms with E-state index in [4.69, 9.17) is 10.5 Å². The minimum absolute atomic E-state index is 0.120. The molecule has 8 heteroatoms. The first-order valence-electron chi connectivity index (χ1n) is 6.76. The van der Waals surface area contributed by atoms with Gasteiger partial charge in [-0.05, 0) is 5.92 Å². The van der Waals surface area contributed by atoms with Crippen molar-refractivity contribution in [1.29, 1.82) is 0 Å². The number of rotatable bonds is 5. The number of aryl methyl sites for hydroxylation is 1. The minimum Gasteiger partial charge on any atom is -0.464 e. The number of anilines is 1. The van der Waals surface area contributed by atoms with Crippen molar-refractivity contribution in [1.82, 2.24) is 19.7 Å². The van der Waals surface area contributed by atoms with Crippen LogP contribution in [0, 0.1) is 5.92 Å².